The number of hydrogen-bond donors (Lipinski definition) is 0. The third kappa shape index (κ3) is 4.31. The van der Waals surface area contributed by atoms with Crippen LogP contribution in [0.3, 0.4) is 0 Å². The molecule has 21 heavy (non-hydrogen) atoms. The van der Waals surface area contributed by atoms with Crippen molar-refractivity contribution in [2.45, 2.75) is 26.8 Å². The summed E-state index contributed by atoms with van der Waals surface area (Å²) in [6, 6.07) is 9.12. The highest BCUT2D eigenvalue weighted by Gasteiger charge is 2.16. The molecule has 0 spiro atoms. The topological polar surface area (TPSA) is 50.9 Å². The molecule has 0 aliphatic carbocycles. The Hall–Kier alpha value is -2.36. The van der Waals surface area contributed by atoms with Crippen LogP contribution in [0.25, 0.3) is 0 Å². The van der Waals surface area contributed by atoms with E-state index in [0.717, 1.165) is 0 Å². The van der Waals surface area contributed by atoms with E-state index in [9.17, 15) is 9.59 Å². The van der Waals surface area contributed by atoms with Gasteiger partial charge in [0.1, 0.15) is 0 Å². The molecule has 4 nitrogen and oxygen atoms in total. The molecular formula is C17H19N2O2+. The van der Waals surface area contributed by atoms with Crippen LogP contribution in [0.1, 0.15) is 41.1 Å². The summed E-state index contributed by atoms with van der Waals surface area (Å²) in [4.78, 5) is 28.2. The van der Waals surface area contributed by atoms with Gasteiger partial charge < -0.3 is 0 Å². The average molecular weight is 283 g/mol. The van der Waals surface area contributed by atoms with Gasteiger partial charge in [-0.2, -0.15) is 4.57 Å². The molecule has 1 aromatic carbocycles. The van der Waals surface area contributed by atoms with Crippen molar-refractivity contribution in [1.29, 1.82) is 0 Å². The summed E-state index contributed by atoms with van der Waals surface area (Å²) in [5.74, 6) is 0.305. The Morgan fingerprint density at radius 2 is 1.86 bits per heavy atom. The second-order valence-electron chi connectivity index (χ2n) is 5.42. The van der Waals surface area contributed by atoms with E-state index in [1.807, 2.05) is 32.0 Å². The second kappa shape index (κ2) is 6.88. The highest BCUT2D eigenvalue weighted by molar-refractivity contribution is 5.95. The number of aromatic nitrogens is 2. The molecule has 0 amide bonds. The summed E-state index contributed by atoms with van der Waals surface area (Å²) in [7, 11) is 0. The van der Waals surface area contributed by atoms with Gasteiger partial charge in [-0.05, 0) is 5.92 Å². The lowest BCUT2D eigenvalue weighted by Crippen LogP contribution is -2.38. The highest BCUT2D eigenvalue weighted by atomic mass is 16.1. The van der Waals surface area contributed by atoms with Crippen LogP contribution < -0.4 is 4.57 Å². The first kappa shape index (κ1) is 15.0. The Morgan fingerprint density at radius 3 is 2.52 bits per heavy atom. The smallest absolute Gasteiger partial charge is 0.227 e. The Morgan fingerprint density at radius 1 is 1.14 bits per heavy atom. The SMILES string of the molecule is CC(C)CC(=O)c1c[n+](CC(=O)c2ccccc2)ccn1. The number of carbonyl (C=O) groups excluding carboxylic acids is 2. The molecule has 108 valence electrons. The van der Waals surface area contributed by atoms with Crippen LogP contribution in [0.15, 0.2) is 48.9 Å². The first-order valence-electron chi connectivity index (χ1n) is 7.03. The molecule has 0 N–H and O–H groups in total. The van der Waals surface area contributed by atoms with Crippen molar-refractivity contribution in [1.82, 2.24) is 4.98 Å². The Labute approximate surface area is 124 Å². The van der Waals surface area contributed by atoms with E-state index < -0.39 is 0 Å². The van der Waals surface area contributed by atoms with E-state index in [4.69, 9.17) is 0 Å². The number of hydrogen-bond acceptors (Lipinski definition) is 3. The van der Waals surface area contributed by atoms with E-state index in [0.29, 0.717) is 23.6 Å². The molecule has 2 aromatic rings. The summed E-state index contributed by atoms with van der Waals surface area (Å²) < 4.78 is 1.70. The fourth-order valence-electron chi connectivity index (χ4n) is 2.03. The van der Waals surface area contributed by atoms with Gasteiger partial charge >= 0.3 is 0 Å². The molecule has 1 aromatic heterocycles. The zero-order valence-electron chi connectivity index (χ0n) is 12.3. The van der Waals surface area contributed by atoms with Crippen molar-refractivity contribution >= 4 is 11.6 Å². The zero-order valence-corrected chi connectivity index (χ0v) is 12.3. The molecule has 0 saturated heterocycles. The van der Waals surface area contributed by atoms with Crippen molar-refractivity contribution in [3.8, 4) is 0 Å². The largest absolute Gasteiger partial charge is 0.292 e. The summed E-state index contributed by atoms with van der Waals surface area (Å²) in [5.41, 5.74) is 1.07. The Kier molecular flexibility index (Phi) is 4.93. The first-order valence-corrected chi connectivity index (χ1v) is 7.03. The lowest BCUT2D eigenvalue weighted by molar-refractivity contribution is -0.683. The fraction of sp³-hybridized carbons (Fsp3) is 0.294. The minimum Gasteiger partial charge on any atom is -0.292 e. The Bertz CT molecular complexity index is 636. The van der Waals surface area contributed by atoms with Crippen LogP contribution in [0.5, 0.6) is 0 Å². The standard InChI is InChI=1S/C17H19N2O2/c1-13(2)10-16(20)15-11-19(9-8-18-15)12-17(21)14-6-4-3-5-7-14/h3-9,11,13H,10,12H2,1-2H3/q+1. The van der Waals surface area contributed by atoms with Gasteiger partial charge in [0.15, 0.2) is 23.9 Å². The highest BCUT2D eigenvalue weighted by Crippen LogP contribution is 2.05. The molecular weight excluding hydrogens is 264 g/mol. The molecule has 1 heterocycles. The van der Waals surface area contributed by atoms with Crippen LogP contribution in [0, 0.1) is 5.92 Å². The van der Waals surface area contributed by atoms with E-state index in [1.54, 1.807) is 35.3 Å². The van der Waals surface area contributed by atoms with Crippen molar-refractivity contribution in [2.24, 2.45) is 5.92 Å². The summed E-state index contributed by atoms with van der Waals surface area (Å²) in [6.45, 7) is 4.19. The van der Waals surface area contributed by atoms with Gasteiger partial charge in [0.05, 0.1) is 6.20 Å². The quantitative estimate of drug-likeness (QED) is 0.604. The van der Waals surface area contributed by atoms with Crippen molar-refractivity contribution in [2.75, 3.05) is 0 Å². The molecule has 0 fully saturated rings. The van der Waals surface area contributed by atoms with Gasteiger partial charge in [-0.1, -0.05) is 44.2 Å². The third-order valence-electron chi connectivity index (χ3n) is 3.06. The molecule has 0 saturated carbocycles. The van der Waals surface area contributed by atoms with Crippen LogP contribution in [0.4, 0.5) is 0 Å². The maximum atomic E-state index is 12.1. The number of carbonyl (C=O) groups is 2. The number of benzene rings is 1. The molecule has 0 atom stereocenters. The normalized spacial score (nSPS) is 10.6. The molecule has 2 rings (SSSR count). The van der Waals surface area contributed by atoms with Gasteiger partial charge in [0, 0.05) is 12.0 Å². The Balaban J connectivity index is 2.11. The van der Waals surface area contributed by atoms with Crippen LogP contribution >= 0.6 is 0 Å². The summed E-state index contributed by atoms with van der Waals surface area (Å²) >= 11 is 0. The molecule has 0 unspecified atom stereocenters. The maximum absolute atomic E-state index is 12.1. The summed E-state index contributed by atoms with van der Waals surface area (Å²) in [6.07, 6.45) is 5.37. The van der Waals surface area contributed by atoms with Crippen LogP contribution in [-0.2, 0) is 6.54 Å². The van der Waals surface area contributed by atoms with Crippen molar-refractivity contribution in [3.05, 3.63) is 60.2 Å². The molecule has 4 heteroatoms. The number of Topliss-reactive ketones (excluding diaryl/α,β-unsaturated/α-hetero) is 2. The monoisotopic (exact) mass is 283 g/mol. The third-order valence-corrected chi connectivity index (χ3v) is 3.06. The number of nitrogens with zero attached hydrogens (tertiary/aromatic N) is 2. The van der Waals surface area contributed by atoms with E-state index >= 15 is 0 Å². The maximum Gasteiger partial charge on any atom is 0.227 e. The van der Waals surface area contributed by atoms with Gasteiger partial charge in [-0.3, -0.25) is 9.59 Å². The van der Waals surface area contributed by atoms with Gasteiger partial charge in [0.25, 0.3) is 0 Å². The minimum atomic E-state index is 0.00603. The first-order chi connectivity index (χ1) is 10.1. The molecule has 0 bridgehead atoms. The van der Waals surface area contributed by atoms with Crippen molar-refractivity contribution < 1.29 is 14.2 Å². The predicted octanol–water partition coefficient (Wildman–Crippen LogP) is 2.48. The molecule has 0 aliphatic heterocycles. The van der Waals surface area contributed by atoms with Gasteiger partial charge in [-0.15, -0.1) is 0 Å². The van der Waals surface area contributed by atoms with Gasteiger partial charge in [0.2, 0.25) is 12.3 Å². The second-order valence-corrected chi connectivity index (χ2v) is 5.42. The minimum absolute atomic E-state index is 0.00603. The van der Waals surface area contributed by atoms with E-state index in [-0.39, 0.29) is 18.1 Å². The van der Waals surface area contributed by atoms with E-state index in [2.05, 4.69) is 4.98 Å². The van der Waals surface area contributed by atoms with E-state index in [1.165, 1.54) is 0 Å². The zero-order chi connectivity index (χ0) is 15.2. The van der Waals surface area contributed by atoms with Crippen LogP contribution in [0.2, 0.25) is 0 Å². The molecule has 0 aliphatic rings. The summed E-state index contributed by atoms with van der Waals surface area (Å²) in [5, 5.41) is 0. The lowest BCUT2D eigenvalue weighted by atomic mass is 10.1. The predicted molar refractivity (Wildman–Crippen MR) is 79.0 cm³/mol. The lowest BCUT2D eigenvalue weighted by Gasteiger charge is -2.02. The fourth-order valence-corrected chi connectivity index (χ4v) is 2.03. The van der Waals surface area contributed by atoms with Gasteiger partial charge in [-0.25, -0.2) is 4.98 Å². The average Bonchev–Trinajstić information content (AvgIpc) is 2.47. The number of rotatable bonds is 6. The van der Waals surface area contributed by atoms with Crippen molar-refractivity contribution in [3.63, 3.8) is 0 Å². The van der Waals surface area contributed by atoms with Crippen LogP contribution in [-0.4, -0.2) is 16.6 Å². The molecule has 0 radical (unpaired) electrons. The number of ketones is 2.